The second kappa shape index (κ2) is 13.3. The largest absolute Gasteiger partial charge is 0.340 e. The van der Waals surface area contributed by atoms with Crippen LogP contribution in [0, 0.1) is 0 Å². The molecule has 286 valence electrons. The van der Waals surface area contributed by atoms with E-state index in [1.807, 2.05) is 0 Å². The van der Waals surface area contributed by atoms with Gasteiger partial charge in [0, 0.05) is 56.7 Å². The Morgan fingerprint density at radius 3 is 1.97 bits per heavy atom. The van der Waals surface area contributed by atoms with Crippen molar-refractivity contribution in [3.05, 3.63) is 217 Å². The summed E-state index contributed by atoms with van der Waals surface area (Å²) in [6, 6.07) is 74.2. The molecule has 2 aliphatic rings. The summed E-state index contributed by atoms with van der Waals surface area (Å²) >= 11 is 0. The number of aromatic nitrogens is 1. The molecule has 60 heavy (non-hydrogen) atoms. The molecule has 0 spiro atoms. The Balaban J connectivity index is 1.16. The van der Waals surface area contributed by atoms with E-state index in [4.69, 9.17) is 0 Å². The van der Waals surface area contributed by atoms with Gasteiger partial charge < -0.3 is 14.4 Å². The molecule has 1 aromatic heterocycles. The van der Waals surface area contributed by atoms with Crippen molar-refractivity contribution in [2.45, 2.75) is 25.7 Å². The lowest BCUT2D eigenvalue weighted by atomic mass is 9.81. The van der Waals surface area contributed by atoms with E-state index in [0.29, 0.717) is 0 Å². The highest BCUT2D eigenvalue weighted by atomic mass is 15.2. The normalized spacial score (nSPS) is 13.8. The monoisotopic (exact) mass is 769 g/mol. The highest BCUT2D eigenvalue weighted by Gasteiger charge is 2.39. The van der Waals surface area contributed by atoms with Crippen molar-refractivity contribution in [1.82, 2.24) is 4.57 Å². The predicted molar refractivity (Wildman–Crippen MR) is 253 cm³/mol. The molecule has 0 N–H and O–H groups in total. The van der Waals surface area contributed by atoms with E-state index in [-0.39, 0.29) is 5.41 Å². The van der Waals surface area contributed by atoms with E-state index in [9.17, 15) is 0 Å². The lowest BCUT2D eigenvalue weighted by molar-refractivity contribution is 0.660. The van der Waals surface area contributed by atoms with Gasteiger partial charge in [0.15, 0.2) is 0 Å². The Kier molecular flexibility index (Phi) is 7.71. The smallest absolute Gasteiger partial charge is 0.0561 e. The van der Waals surface area contributed by atoms with E-state index in [1.54, 1.807) is 0 Å². The molecule has 12 rings (SSSR count). The van der Waals surface area contributed by atoms with Crippen LogP contribution in [0.25, 0.3) is 60.5 Å². The summed E-state index contributed by atoms with van der Waals surface area (Å²) in [4.78, 5) is 5.03. The first kappa shape index (κ1) is 34.7. The first-order valence-electron chi connectivity index (χ1n) is 21.1. The van der Waals surface area contributed by atoms with Gasteiger partial charge in [0.2, 0.25) is 0 Å². The van der Waals surface area contributed by atoms with Gasteiger partial charge >= 0.3 is 0 Å². The Morgan fingerprint density at radius 2 is 1.12 bits per heavy atom. The van der Waals surface area contributed by atoms with Crippen LogP contribution in [0.2, 0.25) is 0 Å². The third kappa shape index (κ3) is 5.22. The molecule has 9 aromatic carbocycles. The van der Waals surface area contributed by atoms with Gasteiger partial charge in [-0.2, -0.15) is 0 Å². The summed E-state index contributed by atoms with van der Waals surface area (Å²) in [5, 5.41) is 4.94. The molecular weight excluding hydrogens is 727 g/mol. The van der Waals surface area contributed by atoms with Crippen LogP contribution in [0.1, 0.15) is 30.5 Å². The van der Waals surface area contributed by atoms with Gasteiger partial charge in [-0.15, -0.1) is 0 Å². The Labute approximate surface area is 351 Å². The molecule has 0 radical (unpaired) electrons. The molecule has 0 amide bonds. The van der Waals surface area contributed by atoms with Gasteiger partial charge in [0.1, 0.15) is 0 Å². The summed E-state index contributed by atoms with van der Waals surface area (Å²) < 4.78 is 2.42. The molecule has 1 aliphatic heterocycles. The lowest BCUT2D eigenvalue weighted by Crippen LogP contribution is -2.17. The topological polar surface area (TPSA) is 11.4 Å². The van der Waals surface area contributed by atoms with Crippen molar-refractivity contribution < 1.29 is 0 Å². The summed E-state index contributed by atoms with van der Waals surface area (Å²) in [6.07, 6.45) is 1.01. The molecule has 0 atom stereocenters. The fourth-order valence-electron chi connectivity index (χ4n) is 10.4. The molecule has 0 saturated heterocycles. The standard InChI is InChI=1S/C57H43N3/c1-57(2)51-26-13-11-24-49(51)55-50(48-25-15-18-39-32-33-58(56(39)48)41-19-5-3-6-20-41)35-45(36-52(55)57)59(43-29-28-38-16-9-10-17-40(38)34-43)44-30-31-47-46-23-12-14-27-53(46)60(54(47)37-44)42-21-7-4-8-22-42/h3-31,34-37H,32-33H2,1-2H3. The summed E-state index contributed by atoms with van der Waals surface area (Å²) in [5.41, 5.74) is 18.6. The van der Waals surface area contributed by atoms with Crippen molar-refractivity contribution >= 4 is 61.0 Å². The molecule has 1 aliphatic carbocycles. The highest BCUT2D eigenvalue weighted by Crippen LogP contribution is 2.56. The average Bonchev–Trinajstić information content (AvgIpc) is 3.95. The Bertz CT molecular complexity index is 3300. The van der Waals surface area contributed by atoms with Gasteiger partial charge in [0.05, 0.1) is 16.7 Å². The fourth-order valence-corrected chi connectivity index (χ4v) is 10.4. The molecule has 3 nitrogen and oxygen atoms in total. The first-order chi connectivity index (χ1) is 29.5. The van der Waals surface area contributed by atoms with E-state index in [1.165, 1.54) is 82.9 Å². The van der Waals surface area contributed by atoms with Crippen molar-refractivity contribution in [2.24, 2.45) is 0 Å². The number of nitrogens with zero attached hydrogens (tertiary/aromatic N) is 3. The van der Waals surface area contributed by atoms with Crippen molar-refractivity contribution in [1.29, 1.82) is 0 Å². The van der Waals surface area contributed by atoms with E-state index in [2.05, 4.69) is 228 Å². The minimum Gasteiger partial charge on any atom is -0.340 e. The molecular formula is C57H43N3. The zero-order valence-corrected chi connectivity index (χ0v) is 33.8. The number of hydrogen-bond acceptors (Lipinski definition) is 2. The second-order valence-electron chi connectivity index (χ2n) is 16.9. The van der Waals surface area contributed by atoms with Crippen LogP contribution in [-0.2, 0) is 11.8 Å². The van der Waals surface area contributed by atoms with Crippen LogP contribution in [0.5, 0.6) is 0 Å². The molecule has 0 saturated carbocycles. The highest BCUT2D eigenvalue weighted by molar-refractivity contribution is 6.11. The first-order valence-corrected chi connectivity index (χ1v) is 21.1. The quantitative estimate of drug-likeness (QED) is 0.167. The maximum Gasteiger partial charge on any atom is 0.0561 e. The van der Waals surface area contributed by atoms with Crippen molar-refractivity contribution in [3.63, 3.8) is 0 Å². The second-order valence-corrected chi connectivity index (χ2v) is 16.9. The molecule has 0 unspecified atom stereocenters. The Morgan fingerprint density at radius 1 is 0.450 bits per heavy atom. The fraction of sp³-hybridized carbons (Fsp3) is 0.0877. The number of hydrogen-bond donors (Lipinski definition) is 0. The summed E-state index contributed by atoms with van der Waals surface area (Å²) in [6.45, 7) is 5.77. The summed E-state index contributed by atoms with van der Waals surface area (Å²) in [7, 11) is 0. The number of para-hydroxylation sites is 4. The van der Waals surface area contributed by atoms with E-state index < -0.39 is 0 Å². The third-order valence-electron chi connectivity index (χ3n) is 13.2. The van der Waals surface area contributed by atoms with E-state index in [0.717, 1.165) is 35.7 Å². The maximum absolute atomic E-state index is 2.53. The van der Waals surface area contributed by atoms with Crippen LogP contribution < -0.4 is 9.80 Å². The van der Waals surface area contributed by atoms with Crippen molar-refractivity contribution in [3.8, 4) is 27.9 Å². The number of anilines is 5. The molecule has 0 bridgehead atoms. The predicted octanol–water partition coefficient (Wildman–Crippen LogP) is 15.1. The molecule has 10 aromatic rings. The SMILES string of the molecule is CC1(C)c2ccccc2-c2c(-c3cccc4c3N(c3ccccc3)CC4)cc(N(c3ccc4ccccc4c3)c3ccc4c5ccccc5n(-c5ccccc5)c4c3)cc21. The third-order valence-corrected chi connectivity index (χ3v) is 13.2. The van der Waals surface area contributed by atoms with Crippen LogP contribution in [0.4, 0.5) is 28.4 Å². The van der Waals surface area contributed by atoms with Crippen LogP contribution in [0.15, 0.2) is 200 Å². The van der Waals surface area contributed by atoms with E-state index >= 15 is 0 Å². The number of fused-ring (bicyclic) bond motifs is 8. The Hall–Kier alpha value is -7.36. The minimum atomic E-state index is -0.216. The van der Waals surface area contributed by atoms with Crippen LogP contribution in [-0.4, -0.2) is 11.1 Å². The zero-order valence-electron chi connectivity index (χ0n) is 33.8. The van der Waals surface area contributed by atoms with Crippen LogP contribution in [0.3, 0.4) is 0 Å². The van der Waals surface area contributed by atoms with Gasteiger partial charge in [-0.3, -0.25) is 0 Å². The number of benzene rings is 9. The maximum atomic E-state index is 2.53. The van der Waals surface area contributed by atoms with Crippen LogP contribution >= 0.6 is 0 Å². The van der Waals surface area contributed by atoms with Crippen molar-refractivity contribution in [2.75, 3.05) is 16.3 Å². The molecule has 0 fully saturated rings. The lowest BCUT2D eigenvalue weighted by Gasteiger charge is -2.30. The minimum absolute atomic E-state index is 0.216. The average molecular weight is 770 g/mol. The molecule has 3 heteroatoms. The molecule has 2 heterocycles. The van der Waals surface area contributed by atoms with Gasteiger partial charge in [-0.1, -0.05) is 147 Å². The van der Waals surface area contributed by atoms with Gasteiger partial charge in [0.25, 0.3) is 0 Å². The van der Waals surface area contributed by atoms with Gasteiger partial charge in [-0.25, -0.2) is 0 Å². The number of rotatable bonds is 6. The summed E-state index contributed by atoms with van der Waals surface area (Å²) in [5.74, 6) is 0. The van der Waals surface area contributed by atoms with Gasteiger partial charge in [-0.05, 0) is 117 Å². The zero-order chi connectivity index (χ0) is 40.0.